The summed E-state index contributed by atoms with van der Waals surface area (Å²) in [6.45, 7) is 0.848. The molecule has 2 atom stereocenters. The minimum absolute atomic E-state index is 0.0121. The molecule has 1 aromatic heterocycles. The fraction of sp³-hybridized carbons (Fsp3) is 0.344. The second kappa shape index (κ2) is 11.1. The Morgan fingerprint density at radius 2 is 1.80 bits per heavy atom. The predicted molar refractivity (Wildman–Crippen MR) is 153 cm³/mol. The second-order valence-corrected chi connectivity index (χ2v) is 11.3. The molecule has 0 spiro atoms. The molecule has 13 heteroatoms. The van der Waals surface area contributed by atoms with Crippen LogP contribution >= 0.6 is 0 Å². The van der Waals surface area contributed by atoms with Crippen LogP contribution in [0.4, 0.5) is 23.2 Å². The Bertz CT molecular complexity index is 1820. The average molecular weight is 626 g/mol. The zero-order chi connectivity index (χ0) is 31.5. The van der Waals surface area contributed by atoms with E-state index >= 15 is 0 Å². The van der Waals surface area contributed by atoms with Crippen LogP contribution in [0.1, 0.15) is 54.1 Å². The number of halogens is 4. The SMILES string of the molecule is O=C(O)C[C@@H]1COc2cc(N(C(=O)C(F)(F)F)[C@@H]3COc4c3cccc4-n3c(C4CCOCC4)nc4ccc(F)cc43)ccc21. The van der Waals surface area contributed by atoms with Crippen molar-refractivity contribution in [3.05, 3.63) is 77.4 Å². The number of carbonyl (C=O) groups excluding carboxylic acids is 1. The first-order valence-corrected chi connectivity index (χ1v) is 14.5. The molecule has 0 bridgehead atoms. The van der Waals surface area contributed by atoms with Gasteiger partial charge in [-0.3, -0.25) is 19.1 Å². The predicted octanol–water partition coefficient (Wildman–Crippen LogP) is 6.04. The molecule has 1 saturated heterocycles. The summed E-state index contributed by atoms with van der Waals surface area (Å²) in [5.41, 5.74) is 2.32. The molecule has 0 saturated carbocycles. The van der Waals surface area contributed by atoms with E-state index in [1.165, 1.54) is 30.3 Å². The van der Waals surface area contributed by atoms with Gasteiger partial charge in [-0.05, 0) is 37.1 Å². The van der Waals surface area contributed by atoms with Gasteiger partial charge < -0.3 is 19.3 Å². The van der Waals surface area contributed by atoms with Crippen molar-refractivity contribution in [1.29, 1.82) is 0 Å². The highest BCUT2D eigenvalue weighted by atomic mass is 19.4. The number of aliphatic carboxylic acids is 1. The van der Waals surface area contributed by atoms with E-state index in [-0.39, 0.29) is 42.7 Å². The number of para-hydroxylation sites is 1. The van der Waals surface area contributed by atoms with Crippen molar-refractivity contribution in [2.45, 2.75) is 43.3 Å². The maximum Gasteiger partial charge on any atom is 0.471 e. The fourth-order valence-corrected chi connectivity index (χ4v) is 6.52. The van der Waals surface area contributed by atoms with Crippen LogP contribution in [0.5, 0.6) is 11.5 Å². The number of aromatic nitrogens is 2. The first-order chi connectivity index (χ1) is 21.6. The zero-order valence-corrected chi connectivity index (χ0v) is 23.7. The third-order valence-electron chi connectivity index (χ3n) is 8.59. The fourth-order valence-electron chi connectivity index (χ4n) is 6.52. The van der Waals surface area contributed by atoms with Crippen molar-refractivity contribution in [1.82, 2.24) is 9.55 Å². The normalized spacial score (nSPS) is 19.6. The number of amides is 1. The molecule has 9 nitrogen and oxygen atoms in total. The van der Waals surface area contributed by atoms with E-state index < -0.39 is 35.8 Å². The van der Waals surface area contributed by atoms with Crippen LogP contribution in [-0.4, -0.2) is 59.1 Å². The lowest BCUT2D eigenvalue weighted by atomic mass is 9.97. The molecule has 0 unspecified atom stereocenters. The highest BCUT2D eigenvalue weighted by Crippen LogP contribution is 2.47. The van der Waals surface area contributed by atoms with Gasteiger partial charge in [-0.15, -0.1) is 0 Å². The van der Waals surface area contributed by atoms with Crippen molar-refractivity contribution >= 4 is 28.6 Å². The molecule has 4 aromatic rings. The Morgan fingerprint density at radius 3 is 2.56 bits per heavy atom. The van der Waals surface area contributed by atoms with Gasteiger partial charge in [0.2, 0.25) is 0 Å². The number of nitrogens with zero attached hydrogens (tertiary/aromatic N) is 3. The highest BCUT2D eigenvalue weighted by Gasteiger charge is 2.48. The van der Waals surface area contributed by atoms with Crippen molar-refractivity contribution in [3.8, 4) is 17.2 Å². The van der Waals surface area contributed by atoms with E-state index in [1.807, 2.05) is 0 Å². The van der Waals surface area contributed by atoms with Gasteiger partial charge in [0.05, 0.1) is 35.8 Å². The number of carboxylic acid groups (broad SMARTS) is 1. The van der Waals surface area contributed by atoms with Crippen molar-refractivity contribution < 1.29 is 46.5 Å². The number of carbonyl (C=O) groups is 2. The Balaban J connectivity index is 1.33. The lowest BCUT2D eigenvalue weighted by Gasteiger charge is -2.29. The molecule has 3 aliphatic heterocycles. The number of hydrogen-bond acceptors (Lipinski definition) is 6. The monoisotopic (exact) mass is 625 g/mol. The maximum atomic E-state index is 14.5. The average Bonchev–Trinajstić information content (AvgIpc) is 3.72. The summed E-state index contributed by atoms with van der Waals surface area (Å²) in [4.78, 5) is 29.8. The molecule has 7 rings (SSSR count). The van der Waals surface area contributed by atoms with E-state index in [9.17, 15) is 32.3 Å². The van der Waals surface area contributed by atoms with Gasteiger partial charge in [0, 0.05) is 54.0 Å². The standard InChI is InChI=1S/C32H27F4N3O6/c33-19-4-7-23-25(13-19)39(30(37-23)17-8-10-43-11-9-17)24-3-1-2-22-26(16-45-29(22)24)38(31(42)32(34,35)36)20-5-6-21-18(12-28(40)41)15-44-27(21)14-20/h1-7,13-14,17-18,26H,8-12,15-16H2,(H,40,41)/t18-,26-/m1/s1. The summed E-state index contributed by atoms with van der Waals surface area (Å²) in [5.74, 6) is -2.92. The van der Waals surface area contributed by atoms with Gasteiger partial charge >= 0.3 is 18.1 Å². The van der Waals surface area contributed by atoms with Gasteiger partial charge in [0.25, 0.3) is 0 Å². The van der Waals surface area contributed by atoms with Crippen LogP contribution in [0.15, 0.2) is 54.6 Å². The van der Waals surface area contributed by atoms with Crippen LogP contribution < -0.4 is 14.4 Å². The van der Waals surface area contributed by atoms with E-state index in [1.54, 1.807) is 28.8 Å². The Morgan fingerprint density at radius 1 is 1.00 bits per heavy atom. The minimum Gasteiger partial charge on any atom is -0.493 e. The Kier molecular flexibility index (Phi) is 7.15. The molecule has 3 aromatic carbocycles. The number of ether oxygens (including phenoxy) is 3. The lowest BCUT2D eigenvalue weighted by Crippen LogP contribution is -2.44. The minimum atomic E-state index is -5.21. The van der Waals surface area contributed by atoms with Gasteiger partial charge in [-0.25, -0.2) is 9.37 Å². The first kappa shape index (κ1) is 29.1. The molecule has 1 fully saturated rings. The molecular weight excluding hydrogens is 598 g/mol. The number of carboxylic acids is 1. The second-order valence-electron chi connectivity index (χ2n) is 11.3. The van der Waals surface area contributed by atoms with Crippen LogP contribution in [0.25, 0.3) is 16.7 Å². The molecule has 1 amide bonds. The summed E-state index contributed by atoms with van der Waals surface area (Å²) in [7, 11) is 0. The topological polar surface area (TPSA) is 103 Å². The number of anilines is 1. The molecule has 3 aliphatic rings. The number of fused-ring (bicyclic) bond motifs is 3. The highest BCUT2D eigenvalue weighted by molar-refractivity contribution is 5.98. The molecule has 234 valence electrons. The van der Waals surface area contributed by atoms with Gasteiger partial charge in [0.15, 0.2) is 0 Å². The smallest absolute Gasteiger partial charge is 0.471 e. The van der Waals surface area contributed by atoms with Gasteiger partial charge in [0.1, 0.15) is 29.7 Å². The van der Waals surface area contributed by atoms with Crippen LogP contribution in [0.3, 0.4) is 0 Å². The third-order valence-corrected chi connectivity index (χ3v) is 8.59. The molecule has 1 N–H and O–H groups in total. The Labute approximate surface area is 253 Å². The van der Waals surface area contributed by atoms with Crippen LogP contribution in [-0.2, 0) is 14.3 Å². The number of rotatable bonds is 6. The van der Waals surface area contributed by atoms with Crippen LogP contribution in [0.2, 0.25) is 0 Å². The first-order valence-electron chi connectivity index (χ1n) is 14.5. The van der Waals surface area contributed by atoms with E-state index in [0.717, 1.165) is 0 Å². The van der Waals surface area contributed by atoms with Crippen molar-refractivity contribution in [3.63, 3.8) is 0 Å². The van der Waals surface area contributed by atoms with E-state index in [0.29, 0.717) is 64.6 Å². The summed E-state index contributed by atoms with van der Waals surface area (Å²) in [5, 5.41) is 9.22. The summed E-state index contributed by atoms with van der Waals surface area (Å²) < 4.78 is 75.8. The van der Waals surface area contributed by atoms with E-state index in [4.69, 9.17) is 19.2 Å². The number of imidazole rings is 1. The number of benzene rings is 3. The van der Waals surface area contributed by atoms with Gasteiger partial charge in [-0.2, -0.15) is 13.2 Å². The summed E-state index contributed by atoms with van der Waals surface area (Å²) in [6.07, 6.45) is -4.04. The third kappa shape index (κ3) is 5.14. The quantitative estimate of drug-likeness (QED) is 0.261. The molecule has 0 radical (unpaired) electrons. The van der Waals surface area contributed by atoms with E-state index in [2.05, 4.69) is 0 Å². The zero-order valence-electron chi connectivity index (χ0n) is 23.7. The van der Waals surface area contributed by atoms with Crippen molar-refractivity contribution in [2.24, 2.45) is 0 Å². The number of alkyl halides is 3. The Hall–Kier alpha value is -4.65. The molecule has 45 heavy (non-hydrogen) atoms. The number of hydrogen-bond donors (Lipinski definition) is 1. The van der Waals surface area contributed by atoms with Crippen LogP contribution in [0, 0.1) is 5.82 Å². The maximum absolute atomic E-state index is 14.5. The lowest BCUT2D eigenvalue weighted by molar-refractivity contribution is -0.171. The van der Waals surface area contributed by atoms with Crippen molar-refractivity contribution in [2.75, 3.05) is 31.3 Å². The van der Waals surface area contributed by atoms with Gasteiger partial charge in [-0.1, -0.05) is 18.2 Å². The molecule has 4 heterocycles. The molecule has 0 aliphatic carbocycles. The summed E-state index contributed by atoms with van der Waals surface area (Å²) in [6, 6.07) is 12.3. The summed E-state index contributed by atoms with van der Waals surface area (Å²) >= 11 is 0. The molecular formula is C32H27F4N3O6. The largest absolute Gasteiger partial charge is 0.493 e.